The number of fused-ring (bicyclic) bond motifs is 1. The number of rotatable bonds is 3. The number of thiazole rings is 1. The zero-order valence-corrected chi connectivity index (χ0v) is 11.2. The first kappa shape index (κ1) is 11.6. The topological polar surface area (TPSA) is 30.0 Å². The molecule has 2 nitrogen and oxygen atoms in total. The third kappa shape index (κ3) is 2.23. The van der Waals surface area contributed by atoms with Gasteiger partial charge >= 0.3 is 0 Å². The van der Waals surface area contributed by atoms with Crippen LogP contribution in [-0.2, 0) is 19.3 Å². The lowest BCUT2D eigenvalue weighted by Crippen LogP contribution is -2.04. The summed E-state index contributed by atoms with van der Waals surface area (Å²) in [5, 5.41) is 2.99. The van der Waals surface area contributed by atoms with E-state index in [0.717, 1.165) is 29.1 Å². The third-order valence-electron chi connectivity index (χ3n) is 3.43. The molecule has 0 radical (unpaired) electrons. The van der Waals surface area contributed by atoms with Crippen molar-refractivity contribution in [3.63, 3.8) is 0 Å². The Bertz CT molecular complexity index is 600. The van der Waals surface area contributed by atoms with Gasteiger partial charge in [0.25, 0.3) is 0 Å². The predicted molar refractivity (Wildman–Crippen MR) is 73.4 cm³/mol. The average molecular weight is 257 g/mol. The quantitative estimate of drug-likeness (QED) is 0.789. The number of benzene rings is 1. The van der Waals surface area contributed by atoms with Gasteiger partial charge < -0.3 is 0 Å². The van der Waals surface area contributed by atoms with Crippen LogP contribution in [0.4, 0.5) is 0 Å². The Morgan fingerprint density at radius 2 is 2.17 bits per heavy atom. The van der Waals surface area contributed by atoms with Gasteiger partial charge in [-0.2, -0.15) is 0 Å². The first-order valence-electron chi connectivity index (χ1n) is 6.28. The molecule has 0 N–H and O–H groups in total. The van der Waals surface area contributed by atoms with E-state index in [9.17, 15) is 4.79 Å². The summed E-state index contributed by atoms with van der Waals surface area (Å²) in [4.78, 5) is 16.5. The van der Waals surface area contributed by atoms with Gasteiger partial charge in [0.2, 0.25) is 0 Å². The molecule has 1 aromatic heterocycles. The number of carbonyl (C=O) groups excluding carboxylic acids is 1. The third-order valence-corrected chi connectivity index (χ3v) is 4.25. The molecule has 0 atom stereocenters. The van der Waals surface area contributed by atoms with E-state index in [1.807, 2.05) is 18.4 Å². The number of Topliss-reactive ketones (excluding diaryl/α,β-unsaturated/α-hetero) is 1. The molecule has 0 aliphatic heterocycles. The standard InChI is InChI=1S/C15H15NOS/c1-10-16-14(9-18-10)8-15(17)13-6-5-11-3-2-4-12(11)7-13/h5-7,9H,2-4,8H2,1H3. The van der Waals surface area contributed by atoms with Gasteiger partial charge in [0.15, 0.2) is 5.78 Å². The molecule has 1 heterocycles. The Kier molecular flexibility index (Phi) is 3.00. The highest BCUT2D eigenvalue weighted by atomic mass is 32.1. The van der Waals surface area contributed by atoms with Gasteiger partial charge in [-0.05, 0) is 43.4 Å². The summed E-state index contributed by atoms with van der Waals surface area (Å²) >= 11 is 1.60. The SMILES string of the molecule is Cc1nc(CC(=O)c2ccc3c(c2)CCC3)cs1. The van der Waals surface area contributed by atoms with Gasteiger partial charge in [-0.1, -0.05) is 12.1 Å². The van der Waals surface area contributed by atoms with E-state index >= 15 is 0 Å². The van der Waals surface area contributed by atoms with Crippen molar-refractivity contribution in [1.82, 2.24) is 4.98 Å². The molecule has 3 rings (SSSR count). The van der Waals surface area contributed by atoms with E-state index in [-0.39, 0.29) is 5.78 Å². The van der Waals surface area contributed by atoms with Crippen molar-refractivity contribution in [1.29, 1.82) is 0 Å². The fraction of sp³-hybridized carbons (Fsp3) is 0.333. The van der Waals surface area contributed by atoms with Crippen LogP contribution < -0.4 is 0 Å². The molecule has 1 aromatic carbocycles. The lowest BCUT2D eigenvalue weighted by atomic mass is 10.0. The van der Waals surface area contributed by atoms with Crippen LogP contribution in [0.2, 0.25) is 0 Å². The van der Waals surface area contributed by atoms with E-state index < -0.39 is 0 Å². The summed E-state index contributed by atoms with van der Waals surface area (Å²) in [5.41, 5.74) is 4.50. The van der Waals surface area contributed by atoms with Crippen LogP contribution in [0.15, 0.2) is 23.6 Å². The summed E-state index contributed by atoms with van der Waals surface area (Å²) in [6.45, 7) is 1.97. The van der Waals surface area contributed by atoms with Crippen LogP contribution in [0, 0.1) is 6.92 Å². The second-order valence-electron chi connectivity index (χ2n) is 4.79. The average Bonchev–Trinajstić information content (AvgIpc) is 2.96. The molecule has 0 bridgehead atoms. The zero-order valence-electron chi connectivity index (χ0n) is 10.4. The van der Waals surface area contributed by atoms with Crippen LogP contribution in [0.1, 0.15) is 38.6 Å². The molecular weight excluding hydrogens is 242 g/mol. The molecule has 0 unspecified atom stereocenters. The fourth-order valence-corrected chi connectivity index (χ4v) is 3.11. The number of nitrogens with zero attached hydrogens (tertiary/aromatic N) is 1. The summed E-state index contributed by atoms with van der Waals surface area (Å²) in [7, 11) is 0. The normalized spacial score (nSPS) is 13.6. The predicted octanol–water partition coefficient (Wildman–Crippen LogP) is 3.37. The van der Waals surface area contributed by atoms with Gasteiger partial charge in [0.1, 0.15) is 0 Å². The minimum absolute atomic E-state index is 0.176. The van der Waals surface area contributed by atoms with Crippen molar-refractivity contribution in [2.24, 2.45) is 0 Å². The number of hydrogen-bond acceptors (Lipinski definition) is 3. The monoisotopic (exact) mass is 257 g/mol. The van der Waals surface area contributed by atoms with Crippen molar-refractivity contribution in [2.75, 3.05) is 0 Å². The molecule has 0 amide bonds. The number of aromatic nitrogens is 1. The number of carbonyl (C=O) groups is 1. The Hall–Kier alpha value is -1.48. The first-order chi connectivity index (χ1) is 8.72. The fourth-order valence-electron chi connectivity index (χ4n) is 2.50. The minimum Gasteiger partial charge on any atom is -0.294 e. The first-order valence-corrected chi connectivity index (χ1v) is 7.16. The van der Waals surface area contributed by atoms with Crippen LogP contribution in [-0.4, -0.2) is 10.8 Å². The van der Waals surface area contributed by atoms with Gasteiger partial charge in [0, 0.05) is 10.9 Å². The highest BCUT2D eigenvalue weighted by Crippen LogP contribution is 2.23. The summed E-state index contributed by atoms with van der Waals surface area (Å²) in [6, 6.07) is 6.15. The van der Waals surface area contributed by atoms with Crippen LogP contribution in [0.3, 0.4) is 0 Å². The van der Waals surface area contributed by atoms with E-state index in [0.29, 0.717) is 6.42 Å². The summed E-state index contributed by atoms with van der Waals surface area (Å²) in [6.07, 6.45) is 3.92. The lowest BCUT2D eigenvalue weighted by molar-refractivity contribution is 0.0992. The van der Waals surface area contributed by atoms with E-state index in [2.05, 4.69) is 17.1 Å². The molecule has 92 valence electrons. The molecular formula is C15H15NOS. The van der Waals surface area contributed by atoms with Crippen LogP contribution >= 0.6 is 11.3 Å². The van der Waals surface area contributed by atoms with Crippen LogP contribution in [0.5, 0.6) is 0 Å². The van der Waals surface area contributed by atoms with Crippen molar-refractivity contribution >= 4 is 17.1 Å². The molecule has 1 aliphatic carbocycles. The maximum absolute atomic E-state index is 12.2. The maximum atomic E-state index is 12.2. The van der Waals surface area contributed by atoms with Crippen molar-refractivity contribution in [3.05, 3.63) is 51.0 Å². The van der Waals surface area contributed by atoms with Crippen LogP contribution in [0.25, 0.3) is 0 Å². The Labute approximate surface area is 111 Å². The van der Waals surface area contributed by atoms with Crippen molar-refractivity contribution in [2.45, 2.75) is 32.6 Å². The Morgan fingerprint density at radius 1 is 1.33 bits per heavy atom. The highest BCUT2D eigenvalue weighted by Gasteiger charge is 2.14. The maximum Gasteiger partial charge on any atom is 0.168 e. The second kappa shape index (κ2) is 4.65. The Morgan fingerprint density at radius 3 is 2.94 bits per heavy atom. The molecule has 0 saturated heterocycles. The molecule has 0 fully saturated rings. The number of aryl methyl sites for hydroxylation is 3. The van der Waals surface area contributed by atoms with Gasteiger partial charge in [-0.15, -0.1) is 11.3 Å². The number of hydrogen-bond donors (Lipinski definition) is 0. The molecule has 18 heavy (non-hydrogen) atoms. The second-order valence-corrected chi connectivity index (χ2v) is 5.86. The summed E-state index contributed by atoms with van der Waals surface area (Å²) < 4.78 is 0. The van der Waals surface area contributed by atoms with E-state index in [1.54, 1.807) is 11.3 Å². The minimum atomic E-state index is 0.176. The Balaban J connectivity index is 1.80. The van der Waals surface area contributed by atoms with Gasteiger partial charge in [0.05, 0.1) is 17.1 Å². The largest absolute Gasteiger partial charge is 0.294 e. The smallest absolute Gasteiger partial charge is 0.168 e. The molecule has 0 spiro atoms. The van der Waals surface area contributed by atoms with Crippen molar-refractivity contribution < 1.29 is 4.79 Å². The number of ketones is 1. The van der Waals surface area contributed by atoms with Gasteiger partial charge in [-0.25, -0.2) is 4.98 Å². The van der Waals surface area contributed by atoms with E-state index in [1.165, 1.54) is 17.5 Å². The zero-order chi connectivity index (χ0) is 12.5. The van der Waals surface area contributed by atoms with Gasteiger partial charge in [-0.3, -0.25) is 4.79 Å². The lowest BCUT2D eigenvalue weighted by Gasteiger charge is -2.03. The molecule has 0 saturated carbocycles. The van der Waals surface area contributed by atoms with E-state index in [4.69, 9.17) is 0 Å². The van der Waals surface area contributed by atoms with Crippen molar-refractivity contribution in [3.8, 4) is 0 Å². The molecule has 2 aromatic rings. The highest BCUT2D eigenvalue weighted by molar-refractivity contribution is 7.09. The summed E-state index contributed by atoms with van der Waals surface area (Å²) in [5.74, 6) is 0.176. The molecule has 3 heteroatoms. The molecule has 1 aliphatic rings.